The Morgan fingerprint density at radius 3 is 2.76 bits per heavy atom. The topological polar surface area (TPSA) is 71.2 Å². The van der Waals surface area contributed by atoms with Crippen LogP contribution < -0.4 is 5.73 Å². The molecule has 0 aromatic heterocycles. The monoisotopic (exact) mass is 370 g/mol. The average Bonchev–Trinajstić information content (AvgIpc) is 3.04. The van der Waals surface area contributed by atoms with E-state index in [1.165, 1.54) is 35.0 Å². The van der Waals surface area contributed by atoms with E-state index in [-0.39, 0.29) is 17.2 Å². The van der Waals surface area contributed by atoms with Gasteiger partial charge in [-0.05, 0) is 46.2 Å². The highest BCUT2D eigenvalue weighted by atomic mass is 32.2. The molecule has 0 radical (unpaired) electrons. The molecule has 140 valence electrons. The highest BCUT2D eigenvalue weighted by molar-refractivity contribution is 8.15. The molecule has 6 nitrogen and oxygen atoms in total. The molecule has 25 heavy (non-hydrogen) atoms. The number of rotatable bonds is 8. The largest absolute Gasteiger partial charge is 0.365 e. The Bertz CT molecular complexity index is 571. The molecule has 2 N–H and O–H groups in total. The van der Waals surface area contributed by atoms with Gasteiger partial charge in [0.1, 0.15) is 16.2 Å². The van der Waals surface area contributed by atoms with Crippen molar-refractivity contribution in [2.45, 2.75) is 39.0 Å². The molecule has 0 spiro atoms. The number of hydrazone groups is 1. The number of hydrogen-bond donors (Lipinski definition) is 1. The fraction of sp³-hybridized carbons (Fsp3) is 0.529. The number of thioether (sulfide) groups is 1. The van der Waals surface area contributed by atoms with Crippen molar-refractivity contribution in [2.24, 2.45) is 10.8 Å². The molecule has 0 aromatic carbocycles. The first-order valence-corrected chi connectivity index (χ1v) is 9.17. The average molecular weight is 370 g/mol. The molecule has 8 heteroatoms. The van der Waals surface area contributed by atoms with Crippen LogP contribution in [0.2, 0.25) is 0 Å². The predicted octanol–water partition coefficient (Wildman–Crippen LogP) is 3.79. The van der Waals surface area contributed by atoms with Crippen LogP contribution in [0, 0.1) is 0 Å². The maximum Gasteiger partial charge on any atom is 0.365 e. The van der Waals surface area contributed by atoms with E-state index in [4.69, 9.17) is 10.6 Å². The summed E-state index contributed by atoms with van der Waals surface area (Å²) in [5.74, 6) is -0.379. The van der Waals surface area contributed by atoms with Crippen LogP contribution in [0.3, 0.4) is 0 Å². The standard InChI is InChI=1S/C17H27FN4O2S/c1-5-8-10-13(14(18)6-2)16-20-22(15(25-16)11-9-12-19)17(23)21(7-3)24-4/h5-6,8,10,15H,7,9,11-12,19H2,1-4H3/b8-5-,13-10+,14-6+/t15-/m1/s1. The van der Waals surface area contributed by atoms with Crippen molar-refractivity contribution in [3.63, 3.8) is 0 Å². The van der Waals surface area contributed by atoms with Gasteiger partial charge in [-0.3, -0.25) is 4.84 Å². The molecule has 1 aliphatic heterocycles. The van der Waals surface area contributed by atoms with Gasteiger partial charge in [-0.2, -0.15) is 10.1 Å². The summed E-state index contributed by atoms with van der Waals surface area (Å²) in [7, 11) is 1.43. The van der Waals surface area contributed by atoms with Crippen molar-refractivity contribution in [3.05, 3.63) is 35.7 Å². The van der Waals surface area contributed by atoms with Crippen LogP contribution in [0.25, 0.3) is 0 Å². The first-order chi connectivity index (χ1) is 12.0. The summed E-state index contributed by atoms with van der Waals surface area (Å²) >= 11 is 1.36. The molecule has 0 bridgehead atoms. The van der Waals surface area contributed by atoms with Crippen LogP contribution in [0.5, 0.6) is 0 Å². The van der Waals surface area contributed by atoms with Crippen LogP contribution in [0.4, 0.5) is 9.18 Å². The van der Waals surface area contributed by atoms with E-state index in [1.54, 1.807) is 26.0 Å². The Morgan fingerprint density at radius 1 is 1.52 bits per heavy atom. The molecule has 0 saturated carbocycles. The summed E-state index contributed by atoms with van der Waals surface area (Å²) in [6, 6.07) is -0.374. The molecule has 2 amide bonds. The second kappa shape index (κ2) is 11.1. The van der Waals surface area contributed by atoms with E-state index in [0.717, 1.165) is 6.42 Å². The first-order valence-electron chi connectivity index (χ1n) is 8.29. The summed E-state index contributed by atoms with van der Waals surface area (Å²) < 4.78 is 14.3. The molecule has 0 fully saturated rings. The van der Waals surface area contributed by atoms with Crippen LogP contribution >= 0.6 is 11.8 Å². The number of hydroxylamine groups is 2. The van der Waals surface area contributed by atoms with E-state index in [9.17, 15) is 9.18 Å². The van der Waals surface area contributed by atoms with E-state index >= 15 is 0 Å². The number of nitrogens with two attached hydrogens (primary N) is 1. The highest BCUT2D eigenvalue weighted by Crippen LogP contribution is 2.35. The SMILES string of the molecule is C\C=C/C=C(C1=NN(C(=O)N(CC)OC)[C@@H](CCCN)S1)\C(F)=C/C. The van der Waals surface area contributed by atoms with Gasteiger partial charge in [-0.25, -0.2) is 14.2 Å². The van der Waals surface area contributed by atoms with Crippen LogP contribution in [0.15, 0.2) is 40.8 Å². The third-order valence-corrected chi connectivity index (χ3v) is 4.72. The van der Waals surface area contributed by atoms with Gasteiger partial charge in [0.2, 0.25) is 0 Å². The highest BCUT2D eigenvalue weighted by Gasteiger charge is 2.36. The first kappa shape index (κ1) is 21.4. The summed E-state index contributed by atoms with van der Waals surface area (Å²) in [5, 5.41) is 7.17. The number of carbonyl (C=O) groups excluding carboxylic acids is 1. The second-order valence-corrected chi connectivity index (χ2v) is 6.32. The van der Waals surface area contributed by atoms with Gasteiger partial charge in [0.15, 0.2) is 0 Å². The number of carbonyl (C=O) groups is 1. The predicted molar refractivity (Wildman–Crippen MR) is 101 cm³/mol. The van der Waals surface area contributed by atoms with E-state index in [1.807, 2.05) is 13.0 Å². The van der Waals surface area contributed by atoms with Gasteiger partial charge in [-0.1, -0.05) is 30.0 Å². The number of allylic oxidation sites excluding steroid dienone is 5. The van der Waals surface area contributed by atoms with Crippen molar-refractivity contribution in [3.8, 4) is 0 Å². The fourth-order valence-corrected chi connectivity index (χ4v) is 3.39. The van der Waals surface area contributed by atoms with Crippen molar-refractivity contribution < 1.29 is 14.0 Å². The molecule has 1 rings (SSSR count). The molecule has 0 saturated heterocycles. The lowest BCUT2D eigenvalue weighted by molar-refractivity contribution is -0.0933. The number of hydrogen-bond acceptors (Lipinski definition) is 5. The van der Waals surface area contributed by atoms with Crippen molar-refractivity contribution in [1.82, 2.24) is 10.1 Å². The fourth-order valence-electron chi connectivity index (χ4n) is 2.18. The third kappa shape index (κ3) is 5.69. The van der Waals surface area contributed by atoms with Crippen LogP contribution in [-0.2, 0) is 4.84 Å². The van der Waals surface area contributed by atoms with Gasteiger partial charge in [0, 0.05) is 12.1 Å². The summed E-state index contributed by atoms with van der Waals surface area (Å²) in [5.41, 5.74) is 5.96. The molecule has 0 aliphatic carbocycles. The third-order valence-electron chi connectivity index (χ3n) is 3.49. The Morgan fingerprint density at radius 2 is 2.24 bits per heavy atom. The summed E-state index contributed by atoms with van der Waals surface area (Å²) in [6.45, 7) is 6.18. The van der Waals surface area contributed by atoms with Gasteiger partial charge in [-0.15, -0.1) is 0 Å². The number of halogens is 1. The van der Waals surface area contributed by atoms with E-state index in [0.29, 0.717) is 30.1 Å². The van der Waals surface area contributed by atoms with Crippen molar-refractivity contribution >= 4 is 22.8 Å². The van der Waals surface area contributed by atoms with Gasteiger partial charge in [0.25, 0.3) is 0 Å². The summed E-state index contributed by atoms with van der Waals surface area (Å²) in [4.78, 5) is 17.7. The van der Waals surface area contributed by atoms with Gasteiger partial charge >= 0.3 is 6.03 Å². The van der Waals surface area contributed by atoms with Gasteiger partial charge < -0.3 is 5.73 Å². The van der Waals surface area contributed by atoms with E-state index < -0.39 is 0 Å². The molecule has 1 heterocycles. The van der Waals surface area contributed by atoms with Crippen molar-refractivity contribution in [2.75, 3.05) is 20.2 Å². The lowest BCUT2D eigenvalue weighted by Gasteiger charge is -2.26. The van der Waals surface area contributed by atoms with Crippen LogP contribution in [-0.4, -0.2) is 46.7 Å². The Kier molecular flexibility index (Phi) is 9.48. The maximum atomic E-state index is 14.3. The molecular weight excluding hydrogens is 343 g/mol. The lowest BCUT2D eigenvalue weighted by Crippen LogP contribution is -2.42. The molecular formula is C17H27FN4O2S. The Balaban J connectivity index is 3.19. The number of nitrogens with zero attached hydrogens (tertiary/aromatic N) is 3. The Labute approximate surface area is 153 Å². The smallest absolute Gasteiger partial charge is 0.330 e. The minimum Gasteiger partial charge on any atom is -0.330 e. The van der Waals surface area contributed by atoms with Crippen LogP contribution in [0.1, 0.15) is 33.6 Å². The molecule has 0 unspecified atom stereocenters. The zero-order valence-electron chi connectivity index (χ0n) is 15.2. The van der Waals surface area contributed by atoms with E-state index in [2.05, 4.69) is 5.10 Å². The minimum absolute atomic E-state index is 0.242. The number of amides is 2. The molecule has 1 aliphatic rings. The van der Waals surface area contributed by atoms with Crippen molar-refractivity contribution in [1.29, 1.82) is 0 Å². The Hall–Kier alpha value is -1.64. The molecule has 0 aromatic rings. The second-order valence-electron chi connectivity index (χ2n) is 5.16. The number of urea groups is 1. The maximum absolute atomic E-state index is 14.3. The molecule has 1 atom stereocenters. The quantitative estimate of drug-likeness (QED) is 0.521. The lowest BCUT2D eigenvalue weighted by atomic mass is 10.2. The summed E-state index contributed by atoms with van der Waals surface area (Å²) in [6.07, 6.45) is 7.99. The minimum atomic E-state index is -0.379. The zero-order chi connectivity index (χ0) is 18.8. The zero-order valence-corrected chi connectivity index (χ0v) is 16.1. The normalized spacial score (nSPS) is 18.9. The van der Waals surface area contributed by atoms with Gasteiger partial charge in [0.05, 0.1) is 7.11 Å².